The fraction of sp³-hybridized carbons (Fsp3) is 0.200. The largest absolute Gasteiger partial charge is 0.351 e. The topological polar surface area (TPSA) is 46.9 Å². The molecule has 0 saturated carbocycles. The van der Waals surface area contributed by atoms with Crippen LogP contribution < -0.4 is 5.32 Å². The van der Waals surface area contributed by atoms with Crippen molar-refractivity contribution in [2.45, 2.75) is 25.3 Å². The Labute approximate surface area is 156 Å². The zero-order chi connectivity index (χ0) is 18.5. The van der Waals surface area contributed by atoms with E-state index >= 15 is 0 Å². The maximum Gasteiger partial charge on any atom is 0.230 e. The first-order valence-electron chi connectivity index (χ1n) is 8.30. The van der Waals surface area contributed by atoms with Gasteiger partial charge >= 0.3 is 0 Å². The van der Waals surface area contributed by atoms with Crippen LogP contribution in [0, 0.1) is 19.7 Å². The molecular formula is C20H20FN3OS. The van der Waals surface area contributed by atoms with Crippen molar-refractivity contribution in [3.05, 3.63) is 77.4 Å². The van der Waals surface area contributed by atoms with Gasteiger partial charge in [0.05, 0.1) is 27.7 Å². The molecule has 0 radical (unpaired) electrons. The number of aryl methyl sites for hydroxylation is 1. The quantitative estimate of drug-likeness (QED) is 0.667. The molecular weight excluding hydrogens is 349 g/mol. The molecule has 0 atom stereocenters. The summed E-state index contributed by atoms with van der Waals surface area (Å²) in [6.07, 6.45) is 0. The van der Waals surface area contributed by atoms with E-state index < -0.39 is 0 Å². The SMILES string of the molecule is Cc1nn(-c2ccccc2)c(C)c1SCC(=O)NCc1ccc(F)cc1. The lowest BCUT2D eigenvalue weighted by Gasteiger charge is -2.07. The number of rotatable bonds is 6. The molecule has 3 aromatic rings. The number of hydrogen-bond donors (Lipinski definition) is 1. The van der Waals surface area contributed by atoms with Crippen LogP contribution in [0.4, 0.5) is 4.39 Å². The summed E-state index contributed by atoms with van der Waals surface area (Å²) in [6, 6.07) is 16.0. The van der Waals surface area contributed by atoms with Crippen molar-refractivity contribution in [3.8, 4) is 5.69 Å². The van der Waals surface area contributed by atoms with Crippen LogP contribution in [0.2, 0.25) is 0 Å². The third-order valence-corrected chi connectivity index (χ3v) is 5.26. The van der Waals surface area contributed by atoms with E-state index in [0.717, 1.165) is 27.5 Å². The molecule has 134 valence electrons. The minimum absolute atomic E-state index is 0.0643. The molecule has 6 heteroatoms. The average molecular weight is 369 g/mol. The highest BCUT2D eigenvalue weighted by Gasteiger charge is 2.14. The Morgan fingerprint density at radius 2 is 1.81 bits per heavy atom. The molecule has 1 amide bonds. The molecule has 2 aromatic carbocycles. The molecule has 0 fully saturated rings. The highest BCUT2D eigenvalue weighted by Crippen LogP contribution is 2.27. The average Bonchev–Trinajstić information content (AvgIpc) is 2.94. The summed E-state index contributed by atoms with van der Waals surface area (Å²) < 4.78 is 14.8. The lowest BCUT2D eigenvalue weighted by atomic mass is 10.2. The molecule has 0 spiro atoms. The number of hydrogen-bond acceptors (Lipinski definition) is 3. The number of thioether (sulfide) groups is 1. The summed E-state index contributed by atoms with van der Waals surface area (Å²) in [4.78, 5) is 13.1. The van der Waals surface area contributed by atoms with Gasteiger partial charge in [-0.15, -0.1) is 11.8 Å². The second kappa shape index (κ2) is 8.19. The van der Waals surface area contributed by atoms with Gasteiger partial charge in [0.25, 0.3) is 0 Å². The van der Waals surface area contributed by atoms with Gasteiger partial charge in [0, 0.05) is 6.54 Å². The molecule has 0 bridgehead atoms. The van der Waals surface area contributed by atoms with Gasteiger partial charge in [-0.25, -0.2) is 9.07 Å². The predicted octanol–water partition coefficient (Wildman–Crippen LogP) is 4.04. The number of halogens is 1. The second-order valence-corrected chi connectivity index (χ2v) is 6.92. The van der Waals surface area contributed by atoms with Gasteiger partial charge in [-0.3, -0.25) is 4.79 Å². The third-order valence-electron chi connectivity index (χ3n) is 3.98. The van der Waals surface area contributed by atoms with E-state index in [2.05, 4.69) is 10.4 Å². The summed E-state index contributed by atoms with van der Waals surface area (Å²) >= 11 is 1.48. The van der Waals surface area contributed by atoms with E-state index in [1.807, 2.05) is 48.9 Å². The fourth-order valence-corrected chi connectivity index (χ4v) is 3.57. The standard InChI is InChI=1S/C20H20FN3OS/c1-14-20(15(2)24(23-14)18-6-4-3-5-7-18)26-13-19(25)22-12-16-8-10-17(21)11-9-16/h3-11H,12-13H2,1-2H3,(H,22,25). The Balaban J connectivity index is 1.60. The number of carbonyl (C=O) groups is 1. The number of carbonyl (C=O) groups excluding carboxylic acids is 1. The van der Waals surface area contributed by atoms with Crippen LogP contribution in [0.1, 0.15) is 17.0 Å². The zero-order valence-electron chi connectivity index (χ0n) is 14.7. The highest BCUT2D eigenvalue weighted by molar-refractivity contribution is 8.00. The number of nitrogens with zero attached hydrogens (tertiary/aromatic N) is 2. The minimum Gasteiger partial charge on any atom is -0.351 e. The molecule has 1 heterocycles. The fourth-order valence-electron chi connectivity index (χ4n) is 2.65. The van der Waals surface area contributed by atoms with E-state index in [-0.39, 0.29) is 11.7 Å². The van der Waals surface area contributed by atoms with E-state index in [1.54, 1.807) is 12.1 Å². The lowest BCUT2D eigenvalue weighted by molar-refractivity contribution is -0.118. The monoisotopic (exact) mass is 369 g/mol. The van der Waals surface area contributed by atoms with Gasteiger partial charge < -0.3 is 5.32 Å². The van der Waals surface area contributed by atoms with Crippen molar-refractivity contribution in [2.24, 2.45) is 0 Å². The summed E-state index contributed by atoms with van der Waals surface area (Å²) in [5.41, 5.74) is 3.79. The van der Waals surface area contributed by atoms with Crippen LogP contribution in [-0.4, -0.2) is 21.4 Å². The van der Waals surface area contributed by atoms with Crippen molar-refractivity contribution in [1.29, 1.82) is 0 Å². The van der Waals surface area contributed by atoms with Gasteiger partial charge in [0.2, 0.25) is 5.91 Å². The molecule has 0 saturated heterocycles. The van der Waals surface area contributed by atoms with Gasteiger partial charge in [0.1, 0.15) is 5.82 Å². The Morgan fingerprint density at radius 3 is 2.50 bits per heavy atom. The summed E-state index contributed by atoms with van der Waals surface area (Å²) in [6.45, 7) is 4.35. The second-order valence-electron chi connectivity index (χ2n) is 5.94. The van der Waals surface area contributed by atoms with E-state index in [4.69, 9.17) is 0 Å². The molecule has 0 unspecified atom stereocenters. The lowest BCUT2D eigenvalue weighted by Crippen LogP contribution is -2.24. The van der Waals surface area contributed by atoms with Crippen LogP contribution in [0.5, 0.6) is 0 Å². The first kappa shape index (κ1) is 18.2. The summed E-state index contributed by atoms with van der Waals surface area (Å²) in [5.74, 6) is -0.0359. The minimum atomic E-state index is -0.281. The Hall–Kier alpha value is -2.60. The van der Waals surface area contributed by atoms with Crippen molar-refractivity contribution in [3.63, 3.8) is 0 Å². The van der Waals surface area contributed by atoms with Crippen molar-refractivity contribution < 1.29 is 9.18 Å². The van der Waals surface area contributed by atoms with E-state index in [9.17, 15) is 9.18 Å². The normalized spacial score (nSPS) is 10.7. The molecule has 0 aliphatic rings. The molecule has 4 nitrogen and oxygen atoms in total. The molecule has 26 heavy (non-hydrogen) atoms. The number of benzene rings is 2. The first-order chi connectivity index (χ1) is 12.5. The zero-order valence-corrected chi connectivity index (χ0v) is 15.5. The summed E-state index contributed by atoms with van der Waals surface area (Å²) in [5, 5.41) is 7.45. The van der Waals surface area contributed by atoms with E-state index in [1.165, 1.54) is 23.9 Å². The summed E-state index contributed by atoms with van der Waals surface area (Å²) in [7, 11) is 0. The van der Waals surface area contributed by atoms with Crippen molar-refractivity contribution in [1.82, 2.24) is 15.1 Å². The van der Waals surface area contributed by atoms with Gasteiger partial charge in [-0.1, -0.05) is 30.3 Å². The maximum atomic E-state index is 12.9. The predicted molar refractivity (Wildman–Crippen MR) is 102 cm³/mol. The molecule has 1 N–H and O–H groups in total. The molecule has 3 rings (SSSR count). The van der Waals surface area contributed by atoms with Gasteiger partial charge in [0.15, 0.2) is 0 Å². The smallest absolute Gasteiger partial charge is 0.230 e. The van der Waals surface area contributed by atoms with Gasteiger partial charge in [-0.05, 0) is 43.7 Å². The van der Waals surface area contributed by atoms with Gasteiger partial charge in [-0.2, -0.15) is 5.10 Å². The van der Waals surface area contributed by atoms with Crippen LogP contribution in [0.25, 0.3) is 5.69 Å². The number of nitrogens with one attached hydrogen (secondary N) is 1. The molecule has 1 aromatic heterocycles. The Kier molecular flexibility index (Phi) is 5.73. The Morgan fingerprint density at radius 1 is 1.12 bits per heavy atom. The van der Waals surface area contributed by atoms with Crippen molar-refractivity contribution in [2.75, 3.05) is 5.75 Å². The third kappa shape index (κ3) is 4.32. The maximum absolute atomic E-state index is 12.9. The van der Waals surface area contributed by atoms with Crippen LogP contribution in [0.15, 0.2) is 59.5 Å². The highest BCUT2D eigenvalue weighted by atomic mass is 32.2. The van der Waals surface area contributed by atoms with Crippen LogP contribution >= 0.6 is 11.8 Å². The van der Waals surface area contributed by atoms with E-state index in [0.29, 0.717) is 12.3 Å². The van der Waals surface area contributed by atoms with Crippen LogP contribution in [0.3, 0.4) is 0 Å². The first-order valence-corrected chi connectivity index (χ1v) is 9.29. The number of para-hydroxylation sites is 1. The Bertz CT molecular complexity index is 891. The number of amides is 1. The van der Waals surface area contributed by atoms with Crippen LogP contribution in [-0.2, 0) is 11.3 Å². The van der Waals surface area contributed by atoms with Crippen molar-refractivity contribution >= 4 is 17.7 Å². The molecule has 0 aliphatic carbocycles. The number of aromatic nitrogens is 2. The molecule has 0 aliphatic heterocycles.